The lowest BCUT2D eigenvalue weighted by molar-refractivity contribution is -0.128. The maximum Gasteiger partial charge on any atom is 0.287 e. The van der Waals surface area contributed by atoms with Crippen molar-refractivity contribution in [3.05, 3.63) is 35.1 Å². The molecule has 2 aromatic rings. The fourth-order valence-corrected chi connectivity index (χ4v) is 3.39. The molecular formula is C20H26N2O3. The summed E-state index contributed by atoms with van der Waals surface area (Å²) in [6.45, 7) is 11.4. The molecule has 2 heterocycles. The largest absolute Gasteiger partial charge is 0.451 e. The predicted octanol–water partition coefficient (Wildman–Crippen LogP) is 3.43. The lowest BCUT2D eigenvalue weighted by Crippen LogP contribution is -2.39. The Kier molecular flexibility index (Phi) is 4.35. The number of amides is 2. The third-order valence-electron chi connectivity index (χ3n) is 4.51. The van der Waals surface area contributed by atoms with Gasteiger partial charge in [0.2, 0.25) is 5.91 Å². The molecule has 0 radical (unpaired) electrons. The number of rotatable bonds is 3. The Morgan fingerprint density at radius 3 is 2.72 bits per heavy atom. The molecule has 1 N–H and O–H groups in total. The first-order valence-corrected chi connectivity index (χ1v) is 8.72. The summed E-state index contributed by atoms with van der Waals surface area (Å²) in [7, 11) is 0. The van der Waals surface area contributed by atoms with Crippen LogP contribution in [0.1, 0.15) is 48.9 Å². The zero-order valence-corrected chi connectivity index (χ0v) is 15.6. The second-order valence-electron chi connectivity index (χ2n) is 8.27. The first-order valence-electron chi connectivity index (χ1n) is 8.72. The molecule has 1 aromatic carbocycles. The highest BCUT2D eigenvalue weighted by atomic mass is 16.3. The van der Waals surface area contributed by atoms with Gasteiger partial charge in [0.15, 0.2) is 5.76 Å². The Morgan fingerprint density at radius 1 is 1.32 bits per heavy atom. The Hall–Kier alpha value is -2.30. The van der Waals surface area contributed by atoms with Gasteiger partial charge in [0.1, 0.15) is 5.58 Å². The molecular weight excluding hydrogens is 316 g/mol. The van der Waals surface area contributed by atoms with Crippen LogP contribution in [0.4, 0.5) is 0 Å². The van der Waals surface area contributed by atoms with Crippen LogP contribution in [-0.4, -0.2) is 35.8 Å². The van der Waals surface area contributed by atoms with Crippen molar-refractivity contribution in [1.29, 1.82) is 0 Å². The number of nitrogens with one attached hydrogen (secondary N) is 1. The van der Waals surface area contributed by atoms with Gasteiger partial charge in [-0.05, 0) is 30.9 Å². The van der Waals surface area contributed by atoms with Crippen LogP contribution < -0.4 is 5.32 Å². The highest BCUT2D eigenvalue weighted by Gasteiger charge is 2.33. The van der Waals surface area contributed by atoms with Crippen LogP contribution in [-0.2, 0) is 4.79 Å². The molecule has 0 aliphatic carbocycles. The average Bonchev–Trinajstić information content (AvgIpc) is 2.98. The first kappa shape index (κ1) is 17.5. The summed E-state index contributed by atoms with van der Waals surface area (Å²) in [5.74, 6) is 0.182. The number of aryl methyl sites for hydroxylation is 2. The molecule has 0 unspecified atom stereocenters. The molecule has 0 bridgehead atoms. The first-order chi connectivity index (χ1) is 11.6. The van der Waals surface area contributed by atoms with Gasteiger partial charge < -0.3 is 14.6 Å². The number of fused-ring (bicyclic) bond motifs is 1. The van der Waals surface area contributed by atoms with E-state index in [0.717, 1.165) is 22.1 Å². The molecule has 2 amide bonds. The van der Waals surface area contributed by atoms with Crippen molar-refractivity contribution in [3.8, 4) is 0 Å². The molecule has 1 saturated heterocycles. The Morgan fingerprint density at radius 2 is 2.04 bits per heavy atom. The van der Waals surface area contributed by atoms with Gasteiger partial charge in [0, 0.05) is 30.5 Å². The minimum absolute atomic E-state index is 0.0434. The highest BCUT2D eigenvalue weighted by molar-refractivity contribution is 5.99. The van der Waals surface area contributed by atoms with E-state index in [1.165, 1.54) is 0 Å². The smallest absolute Gasteiger partial charge is 0.287 e. The minimum atomic E-state index is -0.248. The third kappa shape index (κ3) is 3.70. The molecule has 1 fully saturated rings. The normalized spacial score (nSPS) is 18.2. The molecule has 1 aromatic heterocycles. The number of carbonyl (C=O) groups excluding carboxylic acids is 2. The van der Waals surface area contributed by atoms with E-state index in [1.54, 1.807) is 0 Å². The summed E-state index contributed by atoms with van der Waals surface area (Å²) >= 11 is 0. The minimum Gasteiger partial charge on any atom is -0.451 e. The number of furan rings is 1. The number of hydrogen-bond acceptors (Lipinski definition) is 3. The van der Waals surface area contributed by atoms with Gasteiger partial charge in [-0.1, -0.05) is 32.9 Å². The van der Waals surface area contributed by atoms with E-state index in [4.69, 9.17) is 4.42 Å². The molecule has 3 rings (SSSR count). The standard InChI is InChI=1S/C20H26N2O3/c1-12-6-7-15-13(2)18(25-16(15)8-12)19(24)21-14-9-17(23)22(10-14)11-20(3,4)5/h6-8,14H,9-11H2,1-5H3,(H,21,24)/t14-/m0/s1. The van der Waals surface area contributed by atoms with E-state index >= 15 is 0 Å². The van der Waals surface area contributed by atoms with E-state index in [2.05, 4.69) is 26.1 Å². The van der Waals surface area contributed by atoms with E-state index < -0.39 is 0 Å². The van der Waals surface area contributed by atoms with Crippen molar-refractivity contribution in [1.82, 2.24) is 10.2 Å². The van der Waals surface area contributed by atoms with Gasteiger partial charge in [0.05, 0.1) is 6.04 Å². The molecule has 25 heavy (non-hydrogen) atoms. The van der Waals surface area contributed by atoms with Gasteiger partial charge in [-0.15, -0.1) is 0 Å². The maximum absolute atomic E-state index is 12.6. The summed E-state index contributed by atoms with van der Waals surface area (Å²) < 4.78 is 5.78. The quantitative estimate of drug-likeness (QED) is 0.929. The van der Waals surface area contributed by atoms with Crippen LogP contribution in [0.25, 0.3) is 11.0 Å². The molecule has 5 heteroatoms. The topological polar surface area (TPSA) is 62.6 Å². The van der Waals surface area contributed by atoms with E-state index in [0.29, 0.717) is 25.3 Å². The fourth-order valence-electron chi connectivity index (χ4n) is 3.39. The van der Waals surface area contributed by atoms with Crippen molar-refractivity contribution in [3.63, 3.8) is 0 Å². The van der Waals surface area contributed by atoms with Crippen LogP contribution in [0.15, 0.2) is 22.6 Å². The van der Waals surface area contributed by atoms with Gasteiger partial charge in [-0.2, -0.15) is 0 Å². The van der Waals surface area contributed by atoms with Crippen molar-refractivity contribution >= 4 is 22.8 Å². The van der Waals surface area contributed by atoms with E-state index in [9.17, 15) is 9.59 Å². The SMILES string of the molecule is Cc1ccc2c(C)c(C(=O)N[C@H]3CC(=O)N(CC(C)(C)C)C3)oc2c1. The second-order valence-corrected chi connectivity index (χ2v) is 8.27. The van der Waals surface area contributed by atoms with Crippen LogP contribution >= 0.6 is 0 Å². The third-order valence-corrected chi connectivity index (χ3v) is 4.51. The monoisotopic (exact) mass is 342 g/mol. The van der Waals surface area contributed by atoms with Crippen molar-refractivity contribution in [2.75, 3.05) is 13.1 Å². The number of carbonyl (C=O) groups is 2. The molecule has 134 valence electrons. The van der Waals surface area contributed by atoms with Gasteiger partial charge in [0.25, 0.3) is 5.91 Å². The molecule has 0 saturated carbocycles. The van der Waals surface area contributed by atoms with Crippen molar-refractivity contribution < 1.29 is 14.0 Å². The summed E-state index contributed by atoms with van der Waals surface area (Å²) in [5, 5.41) is 3.91. The molecule has 5 nitrogen and oxygen atoms in total. The molecule has 0 spiro atoms. The summed E-state index contributed by atoms with van der Waals surface area (Å²) in [6, 6.07) is 5.75. The molecule has 1 atom stereocenters. The number of likely N-dealkylation sites (tertiary alicyclic amines) is 1. The second kappa shape index (κ2) is 6.21. The van der Waals surface area contributed by atoms with Gasteiger partial charge in [-0.25, -0.2) is 0 Å². The Labute approximate surface area is 148 Å². The predicted molar refractivity (Wildman–Crippen MR) is 97.6 cm³/mol. The van der Waals surface area contributed by atoms with E-state index in [1.807, 2.05) is 36.9 Å². The maximum atomic E-state index is 12.6. The Balaban J connectivity index is 1.73. The fraction of sp³-hybridized carbons (Fsp3) is 0.500. The average molecular weight is 342 g/mol. The summed E-state index contributed by atoms with van der Waals surface area (Å²) in [4.78, 5) is 26.6. The van der Waals surface area contributed by atoms with Crippen LogP contribution in [0, 0.1) is 19.3 Å². The van der Waals surface area contributed by atoms with Crippen molar-refractivity contribution in [2.24, 2.45) is 5.41 Å². The lowest BCUT2D eigenvalue weighted by Gasteiger charge is -2.26. The number of nitrogens with zero attached hydrogens (tertiary/aromatic N) is 1. The summed E-state index contributed by atoms with van der Waals surface area (Å²) in [6.07, 6.45) is 0.347. The highest BCUT2D eigenvalue weighted by Crippen LogP contribution is 2.26. The van der Waals surface area contributed by atoms with Gasteiger partial charge >= 0.3 is 0 Å². The molecule has 1 aliphatic rings. The number of benzene rings is 1. The van der Waals surface area contributed by atoms with Crippen molar-refractivity contribution in [2.45, 2.75) is 47.1 Å². The number of hydrogen-bond donors (Lipinski definition) is 1. The zero-order chi connectivity index (χ0) is 18.4. The van der Waals surface area contributed by atoms with Crippen LogP contribution in [0.3, 0.4) is 0 Å². The van der Waals surface area contributed by atoms with Gasteiger partial charge in [-0.3, -0.25) is 9.59 Å². The van der Waals surface area contributed by atoms with Crippen LogP contribution in [0.5, 0.6) is 0 Å². The lowest BCUT2D eigenvalue weighted by atomic mass is 9.96. The summed E-state index contributed by atoms with van der Waals surface area (Å²) in [5.41, 5.74) is 2.69. The Bertz CT molecular complexity index is 829. The molecule has 1 aliphatic heterocycles. The zero-order valence-electron chi connectivity index (χ0n) is 15.6. The van der Waals surface area contributed by atoms with E-state index in [-0.39, 0.29) is 23.3 Å². The van der Waals surface area contributed by atoms with Crippen LogP contribution in [0.2, 0.25) is 0 Å².